The molecule has 0 saturated carbocycles. The number of rotatable bonds is 1. The van der Waals surface area contributed by atoms with Crippen LogP contribution in [0.1, 0.15) is 26.2 Å². The predicted octanol–water partition coefficient (Wildman–Crippen LogP) is 1.80. The Bertz CT molecular complexity index is 329. The number of cyclic esters (lactones) is 1. The van der Waals surface area contributed by atoms with Crippen LogP contribution in [0.2, 0.25) is 0 Å². The van der Waals surface area contributed by atoms with Gasteiger partial charge in [0, 0.05) is 5.92 Å². The molecule has 0 amide bonds. The Morgan fingerprint density at radius 3 is 3.21 bits per heavy atom. The number of nitriles is 1. The molecule has 3 nitrogen and oxygen atoms in total. The van der Waals surface area contributed by atoms with Crippen molar-refractivity contribution in [3.63, 3.8) is 0 Å². The number of carbonyl (C=O) groups is 1. The number of hydrogen-bond acceptors (Lipinski definition) is 3. The second kappa shape index (κ2) is 3.13. The third-order valence-corrected chi connectivity index (χ3v) is 3.38. The molecule has 0 aromatic heterocycles. The molecule has 0 aromatic carbocycles. The lowest BCUT2D eigenvalue weighted by Crippen LogP contribution is -2.32. The van der Waals surface area contributed by atoms with Crippen LogP contribution in [-0.2, 0) is 9.53 Å². The van der Waals surface area contributed by atoms with Crippen LogP contribution in [0.5, 0.6) is 0 Å². The normalized spacial score (nSPS) is 40.1. The molecule has 1 saturated heterocycles. The van der Waals surface area contributed by atoms with E-state index in [-0.39, 0.29) is 23.4 Å². The maximum absolute atomic E-state index is 11.6. The molecule has 74 valence electrons. The van der Waals surface area contributed by atoms with Crippen molar-refractivity contribution in [2.75, 3.05) is 0 Å². The van der Waals surface area contributed by atoms with E-state index in [9.17, 15) is 4.79 Å². The van der Waals surface area contributed by atoms with Crippen molar-refractivity contribution in [3.05, 3.63) is 12.2 Å². The fourth-order valence-corrected chi connectivity index (χ4v) is 2.41. The van der Waals surface area contributed by atoms with Crippen molar-refractivity contribution in [2.45, 2.75) is 32.3 Å². The number of nitrogens with zero attached hydrogens (tertiary/aromatic N) is 1. The van der Waals surface area contributed by atoms with E-state index < -0.39 is 0 Å². The summed E-state index contributed by atoms with van der Waals surface area (Å²) in [6, 6.07) is 2.08. The van der Waals surface area contributed by atoms with Crippen LogP contribution in [0.15, 0.2) is 12.2 Å². The summed E-state index contributed by atoms with van der Waals surface area (Å²) < 4.78 is 5.25. The number of carbonyl (C=O) groups excluding carboxylic acids is 1. The molecule has 3 atom stereocenters. The standard InChI is InChI=1S/C11H13NO2/c1-11-6-3-2-4-8(11)9(5-7-12)14-10(11)13/h2-3,8-9H,4-6H2,1H3. The van der Waals surface area contributed by atoms with Gasteiger partial charge in [0.1, 0.15) is 6.10 Å². The number of esters is 1. The van der Waals surface area contributed by atoms with E-state index in [1.54, 1.807) is 0 Å². The molecule has 0 N–H and O–H groups in total. The van der Waals surface area contributed by atoms with Crippen LogP contribution in [0.25, 0.3) is 0 Å². The summed E-state index contributed by atoms with van der Waals surface area (Å²) in [7, 11) is 0. The summed E-state index contributed by atoms with van der Waals surface area (Å²) in [5.74, 6) is 0.0618. The van der Waals surface area contributed by atoms with Crippen LogP contribution in [-0.4, -0.2) is 12.1 Å². The quantitative estimate of drug-likeness (QED) is 0.469. The predicted molar refractivity (Wildman–Crippen MR) is 50.1 cm³/mol. The fraction of sp³-hybridized carbons (Fsp3) is 0.636. The van der Waals surface area contributed by atoms with E-state index in [0.717, 1.165) is 12.8 Å². The molecule has 1 heterocycles. The summed E-state index contributed by atoms with van der Waals surface area (Å²) >= 11 is 0. The van der Waals surface area contributed by atoms with E-state index in [4.69, 9.17) is 10.00 Å². The smallest absolute Gasteiger partial charge is 0.312 e. The number of fused-ring (bicyclic) bond motifs is 1. The van der Waals surface area contributed by atoms with Gasteiger partial charge in [-0.3, -0.25) is 4.79 Å². The van der Waals surface area contributed by atoms with Gasteiger partial charge in [-0.15, -0.1) is 0 Å². The van der Waals surface area contributed by atoms with Crippen molar-refractivity contribution in [1.82, 2.24) is 0 Å². The minimum Gasteiger partial charge on any atom is -0.460 e. The summed E-state index contributed by atoms with van der Waals surface area (Å²) in [5, 5.41) is 8.63. The first-order valence-corrected chi connectivity index (χ1v) is 4.91. The molecule has 0 spiro atoms. The average molecular weight is 191 g/mol. The van der Waals surface area contributed by atoms with Crippen LogP contribution in [0, 0.1) is 22.7 Å². The van der Waals surface area contributed by atoms with E-state index >= 15 is 0 Å². The van der Waals surface area contributed by atoms with E-state index in [0.29, 0.717) is 6.42 Å². The van der Waals surface area contributed by atoms with Crippen molar-refractivity contribution < 1.29 is 9.53 Å². The van der Waals surface area contributed by atoms with Gasteiger partial charge >= 0.3 is 5.97 Å². The Morgan fingerprint density at radius 2 is 2.50 bits per heavy atom. The lowest BCUT2D eigenvalue weighted by atomic mass is 9.69. The molecule has 2 rings (SSSR count). The van der Waals surface area contributed by atoms with Gasteiger partial charge in [-0.25, -0.2) is 0 Å². The summed E-state index contributed by atoms with van der Waals surface area (Å²) in [6.07, 6.45) is 5.85. The highest BCUT2D eigenvalue weighted by Crippen LogP contribution is 2.47. The second-order valence-corrected chi connectivity index (χ2v) is 4.24. The monoisotopic (exact) mass is 191 g/mol. The first-order valence-electron chi connectivity index (χ1n) is 4.91. The van der Waals surface area contributed by atoms with Gasteiger partial charge in [0.15, 0.2) is 0 Å². The molecule has 2 aliphatic rings. The zero-order valence-electron chi connectivity index (χ0n) is 8.19. The highest BCUT2D eigenvalue weighted by molar-refractivity contribution is 5.79. The molecule has 0 aromatic rings. The number of ether oxygens (including phenoxy) is 1. The van der Waals surface area contributed by atoms with Gasteiger partial charge in [0.2, 0.25) is 0 Å². The van der Waals surface area contributed by atoms with Gasteiger partial charge in [-0.1, -0.05) is 12.2 Å². The van der Waals surface area contributed by atoms with Crippen LogP contribution >= 0.6 is 0 Å². The zero-order valence-corrected chi connectivity index (χ0v) is 8.19. The number of hydrogen-bond donors (Lipinski definition) is 0. The third-order valence-electron chi connectivity index (χ3n) is 3.38. The Hall–Kier alpha value is -1.30. The highest BCUT2D eigenvalue weighted by atomic mass is 16.6. The van der Waals surface area contributed by atoms with Gasteiger partial charge in [0.25, 0.3) is 0 Å². The van der Waals surface area contributed by atoms with Gasteiger partial charge in [-0.05, 0) is 19.8 Å². The molecule has 3 unspecified atom stereocenters. The highest BCUT2D eigenvalue weighted by Gasteiger charge is 2.53. The van der Waals surface area contributed by atoms with Gasteiger partial charge in [-0.2, -0.15) is 5.26 Å². The Morgan fingerprint density at radius 1 is 1.71 bits per heavy atom. The number of allylic oxidation sites excluding steroid dienone is 2. The van der Waals surface area contributed by atoms with E-state index in [1.807, 2.05) is 13.0 Å². The Balaban J connectivity index is 2.26. The zero-order chi connectivity index (χ0) is 10.2. The minimum absolute atomic E-state index is 0.132. The maximum Gasteiger partial charge on any atom is 0.312 e. The lowest BCUT2D eigenvalue weighted by molar-refractivity contribution is -0.148. The average Bonchev–Trinajstić information content (AvgIpc) is 2.41. The first-order chi connectivity index (χ1) is 6.68. The van der Waals surface area contributed by atoms with Crippen LogP contribution < -0.4 is 0 Å². The molecule has 0 radical (unpaired) electrons. The van der Waals surface area contributed by atoms with Crippen molar-refractivity contribution in [2.24, 2.45) is 11.3 Å². The van der Waals surface area contributed by atoms with Crippen molar-refractivity contribution in [1.29, 1.82) is 5.26 Å². The summed E-state index contributed by atoms with van der Waals surface area (Å²) in [4.78, 5) is 11.6. The molecule has 3 heteroatoms. The second-order valence-electron chi connectivity index (χ2n) is 4.24. The topological polar surface area (TPSA) is 50.1 Å². The van der Waals surface area contributed by atoms with Crippen molar-refractivity contribution >= 4 is 5.97 Å². The first kappa shape index (κ1) is 9.26. The molecular formula is C11H13NO2. The molecule has 1 fully saturated rings. The molecule has 1 aliphatic heterocycles. The third kappa shape index (κ3) is 1.14. The van der Waals surface area contributed by atoms with Gasteiger partial charge < -0.3 is 4.74 Å². The largest absolute Gasteiger partial charge is 0.460 e. The molecule has 1 aliphatic carbocycles. The van der Waals surface area contributed by atoms with E-state index in [1.165, 1.54) is 0 Å². The van der Waals surface area contributed by atoms with Crippen molar-refractivity contribution in [3.8, 4) is 6.07 Å². The molecular weight excluding hydrogens is 178 g/mol. The fourth-order valence-electron chi connectivity index (χ4n) is 2.41. The lowest BCUT2D eigenvalue weighted by Gasteiger charge is -2.29. The Kier molecular flexibility index (Phi) is 2.07. The minimum atomic E-state index is -0.379. The summed E-state index contributed by atoms with van der Waals surface area (Å²) in [5.41, 5.74) is -0.379. The van der Waals surface area contributed by atoms with Crippen LogP contribution in [0.3, 0.4) is 0 Å². The van der Waals surface area contributed by atoms with E-state index in [2.05, 4.69) is 12.1 Å². The molecule has 0 bridgehead atoms. The Labute approximate surface area is 83.4 Å². The van der Waals surface area contributed by atoms with Crippen LogP contribution in [0.4, 0.5) is 0 Å². The van der Waals surface area contributed by atoms with Gasteiger partial charge in [0.05, 0.1) is 17.9 Å². The maximum atomic E-state index is 11.6. The SMILES string of the molecule is CC12CC=CCC1C(CC#N)OC2=O. The summed E-state index contributed by atoms with van der Waals surface area (Å²) in [6.45, 7) is 1.95. The molecule has 14 heavy (non-hydrogen) atoms.